The second-order valence-electron chi connectivity index (χ2n) is 4.60. The number of rotatable bonds is 7. The smallest absolute Gasteiger partial charge is 0.150 e. The standard InChI is InChI=1S/C11H21NO2S/c1-4-5-6-8-15(13,14)9-7-11(2,3)10-12/h4-9H2,1-3H3. The summed E-state index contributed by atoms with van der Waals surface area (Å²) in [6, 6.07) is 2.12. The Hall–Kier alpha value is -0.560. The van der Waals surface area contributed by atoms with Gasteiger partial charge in [-0.05, 0) is 26.7 Å². The van der Waals surface area contributed by atoms with Crippen molar-refractivity contribution in [2.45, 2.75) is 46.5 Å². The molecule has 0 bridgehead atoms. The Bertz CT molecular complexity index is 312. The summed E-state index contributed by atoms with van der Waals surface area (Å²) in [5.74, 6) is 0.402. The number of sulfone groups is 1. The van der Waals surface area contributed by atoms with E-state index in [1.807, 2.05) is 6.92 Å². The van der Waals surface area contributed by atoms with Gasteiger partial charge in [0.05, 0.1) is 23.0 Å². The zero-order valence-corrected chi connectivity index (χ0v) is 10.7. The second kappa shape index (κ2) is 6.12. The predicted molar refractivity (Wildman–Crippen MR) is 62.2 cm³/mol. The maximum absolute atomic E-state index is 11.6. The Morgan fingerprint density at radius 1 is 1.20 bits per heavy atom. The summed E-state index contributed by atoms with van der Waals surface area (Å²) in [5.41, 5.74) is -0.530. The van der Waals surface area contributed by atoms with E-state index in [0.717, 1.165) is 19.3 Å². The quantitative estimate of drug-likeness (QED) is 0.633. The van der Waals surface area contributed by atoms with E-state index in [-0.39, 0.29) is 11.5 Å². The normalized spacial score (nSPS) is 12.4. The van der Waals surface area contributed by atoms with Crippen molar-refractivity contribution in [3.8, 4) is 6.07 Å². The monoisotopic (exact) mass is 231 g/mol. The van der Waals surface area contributed by atoms with E-state index in [1.54, 1.807) is 13.8 Å². The van der Waals surface area contributed by atoms with Crippen molar-refractivity contribution in [2.75, 3.05) is 11.5 Å². The molecular formula is C11H21NO2S. The molecule has 3 nitrogen and oxygen atoms in total. The van der Waals surface area contributed by atoms with E-state index < -0.39 is 15.3 Å². The molecule has 0 aromatic carbocycles. The molecule has 0 aliphatic heterocycles. The van der Waals surface area contributed by atoms with Crippen molar-refractivity contribution >= 4 is 9.84 Å². The van der Waals surface area contributed by atoms with E-state index in [0.29, 0.717) is 6.42 Å². The first-order chi connectivity index (χ1) is 6.83. The Balaban J connectivity index is 4.01. The molecule has 0 saturated carbocycles. The van der Waals surface area contributed by atoms with Crippen molar-refractivity contribution in [2.24, 2.45) is 5.41 Å². The summed E-state index contributed by atoms with van der Waals surface area (Å²) >= 11 is 0. The highest BCUT2D eigenvalue weighted by Crippen LogP contribution is 2.19. The summed E-state index contributed by atoms with van der Waals surface area (Å²) < 4.78 is 23.1. The Labute approximate surface area is 93.4 Å². The Morgan fingerprint density at radius 2 is 1.80 bits per heavy atom. The number of nitrogens with zero attached hydrogens (tertiary/aromatic N) is 1. The molecule has 0 unspecified atom stereocenters. The molecule has 0 fully saturated rings. The van der Waals surface area contributed by atoms with Crippen LogP contribution in [0.15, 0.2) is 0 Å². The number of nitriles is 1. The van der Waals surface area contributed by atoms with Crippen molar-refractivity contribution < 1.29 is 8.42 Å². The van der Waals surface area contributed by atoms with Gasteiger partial charge in [0.25, 0.3) is 0 Å². The zero-order chi connectivity index (χ0) is 11.9. The maximum atomic E-state index is 11.6. The fourth-order valence-corrected chi connectivity index (χ4v) is 2.81. The number of hydrogen-bond donors (Lipinski definition) is 0. The Morgan fingerprint density at radius 3 is 2.27 bits per heavy atom. The van der Waals surface area contributed by atoms with Gasteiger partial charge in [-0.1, -0.05) is 19.8 Å². The van der Waals surface area contributed by atoms with E-state index in [1.165, 1.54) is 0 Å². The van der Waals surface area contributed by atoms with Gasteiger partial charge in [-0.2, -0.15) is 5.26 Å². The fourth-order valence-electron chi connectivity index (χ4n) is 1.14. The van der Waals surface area contributed by atoms with Crippen LogP contribution in [0.1, 0.15) is 46.5 Å². The van der Waals surface area contributed by atoms with Gasteiger partial charge < -0.3 is 0 Å². The topological polar surface area (TPSA) is 57.9 Å². The molecule has 0 radical (unpaired) electrons. The number of unbranched alkanes of at least 4 members (excludes halogenated alkanes) is 2. The van der Waals surface area contributed by atoms with Gasteiger partial charge in [0.2, 0.25) is 0 Å². The summed E-state index contributed by atoms with van der Waals surface area (Å²) in [7, 11) is -2.95. The number of hydrogen-bond acceptors (Lipinski definition) is 3. The van der Waals surface area contributed by atoms with Gasteiger partial charge in [-0.15, -0.1) is 0 Å². The van der Waals surface area contributed by atoms with Gasteiger partial charge >= 0.3 is 0 Å². The van der Waals surface area contributed by atoms with E-state index >= 15 is 0 Å². The van der Waals surface area contributed by atoms with Crippen LogP contribution in [0.25, 0.3) is 0 Å². The molecule has 0 saturated heterocycles. The van der Waals surface area contributed by atoms with Crippen LogP contribution >= 0.6 is 0 Å². The van der Waals surface area contributed by atoms with E-state index in [4.69, 9.17) is 5.26 Å². The average Bonchev–Trinajstić information content (AvgIpc) is 2.16. The third-order valence-corrected chi connectivity index (χ3v) is 4.14. The van der Waals surface area contributed by atoms with Gasteiger partial charge in [0.1, 0.15) is 9.84 Å². The van der Waals surface area contributed by atoms with Gasteiger partial charge in [0, 0.05) is 0 Å². The van der Waals surface area contributed by atoms with Gasteiger partial charge in [0.15, 0.2) is 0 Å². The van der Waals surface area contributed by atoms with E-state index in [2.05, 4.69) is 6.07 Å². The van der Waals surface area contributed by atoms with Gasteiger partial charge in [-0.25, -0.2) is 8.42 Å². The molecule has 88 valence electrons. The molecule has 0 N–H and O–H groups in total. The van der Waals surface area contributed by atoms with Crippen molar-refractivity contribution in [1.29, 1.82) is 5.26 Å². The fraction of sp³-hybridized carbons (Fsp3) is 0.909. The molecule has 0 heterocycles. The van der Waals surface area contributed by atoms with Gasteiger partial charge in [-0.3, -0.25) is 0 Å². The van der Waals surface area contributed by atoms with Crippen LogP contribution in [0.3, 0.4) is 0 Å². The van der Waals surface area contributed by atoms with Crippen molar-refractivity contribution in [3.63, 3.8) is 0 Å². The Kier molecular flexibility index (Phi) is 5.89. The van der Waals surface area contributed by atoms with Crippen LogP contribution in [0.5, 0.6) is 0 Å². The summed E-state index contributed by atoms with van der Waals surface area (Å²) in [6.07, 6.45) is 3.16. The van der Waals surface area contributed by atoms with E-state index in [9.17, 15) is 8.42 Å². The van der Waals surface area contributed by atoms with Crippen LogP contribution in [0, 0.1) is 16.7 Å². The minimum atomic E-state index is -2.95. The molecule has 0 amide bonds. The van der Waals surface area contributed by atoms with Crippen molar-refractivity contribution in [1.82, 2.24) is 0 Å². The molecule has 4 heteroatoms. The SMILES string of the molecule is CCCCCS(=O)(=O)CCC(C)(C)C#N. The highest BCUT2D eigenvalue weighted by molar-refractivity contribution is 7.91. The molecule has 0 aromatic heterocycles. The van der Waals surface area contributed by atoms with Crippen LogP contribution in [0.4, 0.5) is 0 Å². The first-order valence-electron chi connectivity index (χ1n) is 5.44. The molecule has 0 aromatic rings. The molecule has 15 heavy (non-hydrogen) atoms. The highest BCUT2D eigenvalue weighted by Gasteiger charge is 2.20. The van der Waals surface area contributed by atoms with Crippen LogP contribution < -0.4 is 0 Å². The van der Waals surface area contributed by atoms with Crippen LogP contribution in [-0.2, 0) is 9.84 Å². The van der Waals surface area contributed by atoms with Crippen LogP contribution in [0.2, 0.25) is 0 Å². The minimum Gasteiger partial charge on any atom is -0.229 e. The highest BCUT2D eigenvalue weighted by atomic mass is 32.2. The first-order valence-corrected chi connectivity index (χ1v) is 7.27. The third-order valence-electron chi connectivity index (χ3n) is 2.40. The molecule has 0 atom stereocenters. The largest absolute Gasteiger partial charge is 0.229 e. The van der Waals surface area contributed by atoms with Crippen molar-refractivity contribution in [3.05, 3.63) is 0 Å². The molecule has 0 aliphatic rings. The lowest BCUT2D eigenvalue weighted by Gasteiger charge is -2.14. The summed E-state index contributed by atoms with van der Waals surface area (Å²) in [5, 5.41) is 8.76. The molecule has 0 rings (SSSR count). The summed E-state index contributed by atoms with van der Waals surface area (Å²) in [4.78, 5) is 0. The minimum absolute atomic E-state index is 0.136. The third kappa shape index (κ3) is 7.38. The lowest BCUT2D eigenvalue weighted by atomic mass is 9.93. The molecule has 0 aliphatic carbocycles. The zero-order valence-electron chi connectivity index (χ0n) is 9.91. The second-order valence-corrected chi connectivity index (χ2v) is 6.91. The lowest BCUT2D eigenvalue weighted by molar-refractivity contribution is 0.473. The predicted octanol–water partition coefficient (Wildman–Crippen LogP) is 2.53. The maximum Gasteiger partial charge on any atom is 0.150 e. The molecule has 0 spiro atoms. The first kappa shape index (κ1) is 14.4. The molecular weight excluding hydrogens is 210 g/mol. The summed E-state index contributed by atoms with van der Waals surface area (Å²) in [6.45, 7) is 5.59. The average molecular weight is 231 g/mol. The lowest BCUT2D eigenvalue weighted by Crippen LogP contribution is -2.18. The van der Waals surface area contributed by atoms with Crippen LogP contribution in [-0.4, -0.2) is 19.9 Å².